The second-order valence-corrected chi connectivity index (χ2v) is 7.89. The minimum absolute atomic E-state index is 0. The third-order valence-electron chi connectivity index (χ3n) is 5.78. The third-order valence-corrected chi connectivity index (χ3v) is 5.78. The van der Waals surface area contributed by atoms with Gasteiger partial charge in [-0.25, -0.2) is 18.3 Å². The molecule has 4 rings (SSSR count). The van der Waals surface area contributed by atoms with Gasteiger partial charge in [-0.3, -0.25) is 4.90 Å². The van der Waals surface area contributed by atoms with Crippen LogP contribution in [0.1, 0.15) is 50.6 Å². The number of aromatic nitrogens is 4. The highest BCUT2D eigenvalue weighted by Crippen LogP contribution is 2.36. The molecule has 3 heterocycles. The first-order valence-electron chi connectivity index (χ1n) is 9.86. The predicted molar refractivity (Wildman–Crippen MR) is 121 cm³/mol. The second-order valence-electron chi connectivity index (χ2n) is 7.89. The van der Waals surface area contributed by atoms with E-state index in [9.17, 15) is 8.78 Å². The lowest BCUT2D eigenvalue weighted by atomic mass is 9.78. The zero-order chi connectivity index (χ0) is 21.3. The number of piperidine rings is 1. The minimum Gasteiger partial charge on any atom is -0.497 e. The van der Waals surface area contributed by atoms with E-state index in [1.807, 2.05) is 18.2 Å². The van der Waals surface area contributed by atoms with Crippen molar-refractivity contribution in [2.75, 3.05) is 27.3 Å². The first kappa shape index (κ1) is 25.7. The summed E-state index contributed by atoms with van der Waals surface area (Å²) in [5, 5.41) is 4.24. The average molecular weight is 470 g/mol. The molecule has 0 radical (unpaired) electrons. The Balaban J connectivity index is 0.00000181. The van der Waals surface area contributed by atoms with Gasteiger partial charge in [-0.2, -0.15) is 10.1 Å². The standard InChI is InChI=1S/C21H25F2N5O2.CH4.ClH/c1-21(18-10-16(19(22)23)26-20-24-13-25-28(18)20)7-4-8-27(12-21)11-14-5-6-15(29-2)9-17(14)30-3;;/h5-6,9-10,13,19H,4,7-8,11-12H2,1-3H3;1H4;1H/t21-;;/m0../s1. The van der Waals surface area contributed by atoms with E-state index in [1.54, 1.807) is 18.7 Å². The molecule has 32 heavy (non-hydrogen) atoms. The molecule has 3 aromatic rings. The molecule has 10 heteroatoms. The zero-order valence-electron chi connectivity index (χ0n) is 17.7. The molecule has 0 unspecified atom stereocenters. The summed E-state index contributed by atoms with van der Waals surface area (Å²) in [7, 11) is 3.26. The smallest absolute Gasteiger partial charge is 0.280 e. The van der Waals surface area contributed by atoms with E-state index >= 15 is 0 Å². The predicted octanol–water partition coefficient (Wildman–Crippen LogP) is 4.69. The quantitative estimate of drug-likeness (QED) is 0.521. The molecule has 0 N–H and O–H groups in total. The Hall–Kier alpha value is -2.52. The molecule has 0 saturated carbocycles. The number of likely N-dealkylation sites (tertiary alicyclic amines) is 1. The van der Waals surface area contributed by atoms with Gasteiger partial charge in [0, 0.05) is 30.1 Å². The maximum absolute atomic E-state index is 13.4. The molecule has 1 fully saturated rings. The molecule has 1 aliphatic heterocycles. The van der Waals surface area contributed by atoms with Gasteiger partial charge < -0.3 is 9.47 Å². The Kier molecular flexibility index (Phi) is 8.36. The van der Waals surface area contributed by atoms with Gasteiger partial charge in [0.15, 0.2) is 0 Å². The van der Waals surface area contributed by atoms with E-state index in [0.717, 1.165) is 36.4 Å². The van der Waals surface area contributed by atoms with Crippen LogP contribution in [0.5, 0.6) is 11.5 Å². The normalized spacial score (nSPS) is 18.8. The second kappa shape index (κ2) is 10.4. The fourth-order valence-corrected chi connectivity index (χ4v) is 4.28. The molecule has 1 saturated heterocycles. The van der Waals surface area contributed by atoms with Gasteiger partial charge in [0.05, 0.1) is 19.9 Å². The number of rotatable bonds is 6. The fourth-order valence-electron chi connectivity index (χ4n) is 4.28. The number of methoxy groups -OCH3 is 2. The number of ether oxygens (including phenoxy) is 2. The van der Waals surface area contributed by atoms with Crippen molar-refractivity contribution in [3.8, 4) is 11.5 Å². The summed E-state index contributed by atoms with van der Waals surface area (Å²) in [5.74, 6) is 1.71. The van der Waals surface area contributed by atoms with Gasteiger partial charge in [0.25, 0.3) is 12.2 Å². The molecule has 0 spiro atoms. The van der Waals surface area contributed by atoms with Crippen LogP contribution in [0.2, 0.25) is 0 Å². The summed E-state index contributed by atoms with van der Waals surface area (Å²) in [6.07, 6.45) is 0.507. The molecule has 1 aliphatic rings. The summed E-state index contributed by atoms with van der Waals surface area (Å²) in [5.41, 5.74) is 1.14. The number of alkyl halides is 2. The Morgan fingerprint density at radius 2 is 1.97 bits per heavy atom. The van der Waals surface area contributed by atoms with Crippen LogP contribution in [-0.4, -0.2) is 51.8 Å². The van der Waals surface area contributed by atoms with E-state index in [4.69, 9.17) is 9.47 Å². The lowest BCUT2D eigenvalue weighted by Crippen LogP contribution is -2.45. The van der Waals surface area contributed by atoms with Gasteiger partial charge in [-0.15, -0.1) is 12.4 Å². The lowest BCUT2D eigenvalue weighted by Gasteiger charge is -2.41. The molecular formula is C22H30ClF2N5O2. The van der Waals surface area contributed by atoms with Crippen molar-refractivity contribution >= 4 is 18.2 Å². The van der Waals surface area contributed by atoms with Crippen LogP contribution in [0.4, 0.5) is 8.78 Å². The van der Waals surface area contributed by atoms with Crippen molar-refractivity contribution in [1.29, 1.82) is 0 Å². The number of nitrogens with zero attached hydrogens (tertiary/aromatic N) is 5. The fraction of sp³-hybridized carbons (Fsp3) is 0.500. The molecule has 0 aliphatic carbocycles. The van der Waals surface area contributed by atoms with Gasteiger partial charge in [0.2, 0.25) is 0 Å². The summed E-state index contributed by atoms with van der Waals surface area (Å²) >= 11 is 0. The van der Waals surface area contributed by atoms with Crippen LogP contribution < -0.4 is 9.47 Å². The maximum atomic E-state index is 13.4. The summed E-state index contributed by atoms with van der Waals surface area (Å²) in [4.78, 5) is 10.3. The third kappa shape index (κ3) is 4.94. The number of fused-ring (bicyclic) bond motifs is 1. The molecule has 0 bridgehead atoms. The van der Waals surface area contributed by atoms with E-state index < -0.39 is 6.43 Å². The Morgan fingerprint density at radius 1 is 1.19 bits per heavy atom. The number of benzene rings is 1. The average Bonchev–Trinajstić information content (AvgIpc) is 3.22. The SMILES string of the molecule is C.COc1ccc(CN2CCC[C@](C)(c3cc(C(F)F)nc4ncnn34)C2)c(OC)c1.Cl. The molecule has 0 amide bonds. The van der Waals surface area contributed by atoms with E-state index in [1.165, 1.54) is 12.4 Å². The number of hydrogen-bond acceptors (Lipinski definition) is 6. The first-order valence-corrected chi connectivity index (χ1v) is 9.86. The molecular weight excluding hydrogens is 440 g/mol. The van der Waals surface area contributed by atoms with Gasteiger partial charge in [-0.05, 0) is 31.5 Å². The topological polar surface area (TPSA) is 64.8 Å². The van der Waals surface area contributed by atoms with Crippen LogP contribution in [0.3, 0.4) is 0 Å². The van der Waals surface area contributed by atoms with Crippen molar-refractivity contribution in [2.24, 2.45) is 0 Å². The van der Waals surface area contributed by atoms with Crippen molar-refractivity contribution in [3.05, 3.63) is 47.5 Å². The monoisotopic (exact) mass is 469 g/mol. The summed E-state index contributed by atoms with van der Waals surface area (Å²) < 4.78 is 39.3. The van der Waals surface area contributed by atoms with E-state index in [-0.39, 0.29) is 36.7 Å². The van der Waals surface area contributed by atoms with Crippen molar-refractivity contribution in [1.82, 2.24) is 24.5 Å². The van der Waals surface area contributed by atoms with Gasteiger partial charge in [-0.1, -0.05) is 20.4 Å². The van der Waals surface area contributed by atoms with E-state index in [2.05, 4.69) is 26.9 Å². The largest absolute Gasteiger partial charge is 0.497 e. The van der Waals surface area contributed by atoms with Crippen LogP contribution in [0, 0.1) is 0 Å². The molecule has 7 nitrogen and oxygen atoms in total. The maximum Gasteiger partial charge on any atom is 0.280 e. The van der Waals surface area contributed by atoms with Gasteiger partial charge >= 0.3 is 0 Å². The molecule has 1 atom stereocenters. The highest BCUT2D eigenvalue weighted by Gasteiger charge is 2.36. The van der Waals surface area contributed by atoms with E-state index in [0.29, 0.717) is 18.8 Å². The van der Waals surface area contributed by atoms with Crippen LogP contribution in [0.15, 0.2) is 30.6 Å². The van der Waals surface area contributed by atoms with Gasteiger partial charge in [0.1, 0.15) is 23.5 Å². The summed E-state index contributed by atoms with van der Waals surface area (Å²) in [6.45, 7) is 4.40. The van der Waals surface area contributed by atoms with Crippen molar-refractivity contribution in [2.45, 2.75) is 45.6 Å². The van der Waals surface area contributed by atoms with Crippen LogP contribution in [-0.2, 0) is 12.0 Å². The summed E-state index contributed by atoms with van der Waals surface area (Å²) in [6, 6.07) is 7.26. The van der Waals surface area contributed by atoms with Crippen LogP contribution >= 0.6 is 12.4 Å². The Morgan fingerprint density at radius 3 is 2.66 bits per heavy atom. The molecule has 1 aromatic carbocycles. The first-order chi connectivity index (χ1) is 14.4. The number of hydrogen-bond donors (Lipinski definition) is 0. The Labute approximate surface area is 193 Å². The Bertz CT molecular complexity index is 1050. The highest BCUT2D eigenvalue weighted by molar-refractivity contribution is 5.85. The minimum atomic E-state index is -2.66. The van der Waals surface area contributed by atoms with Crippen molar-refractivity contribution < 1.29 is 18.3 Å². The lowest BCUT2D eigenvalue weighted by molar-refractivity contribution is 0.138. The zero-order valence-corrected chi connectivity index (χ0v) is 18.5. The molecule has 2 aromatic heterocycles. The van der Waals surface area contributed by atoms with Crippen LogP contribution in [0.25, 0.3) is 5.78 Å². The van der Waals surface area contributed by atoms with Crippen molar-refractivity contribution in [3.63, 3.8) is 0 Å². The number of halogens is 3. The molecule has 176 valence electrons. The highest BCUT2D eigenvalue weighted by atomic mass is 35.5.